The molecule has 0 amide bonds. The van der Waals surface area contributed by atoms with E-state index in [0.717, 1.165) is 5.65 Å². The van der Waals surface area contributed by atoms with Crippen molar-refractivity contribution in [2.24, 2.45) is 0 Å². The summed E-state index contributed by atoms with van der Waals surface area (Å²) >= 11 is 0. The predicted molar refractivity (Wildman–Crippen MR) is 41.3 cm³/mol. The van der Waals surface area contributed by atoms with E-state index in [1.807, 2.05) is 0 Å². The summed E-state index contributed by atoms with van der Waals surface area (Å²) in [7, 11) is 0. The zero-order valence-corrected chi connectivity index (χ0v) is 5.73. The van der Waals surface area contributed by atoms with Gasteiger partial charge in [-0.05, 0) is 12.1 Å². The van der Waals surface area contributed by atoms with Gasteiger partial charge in [-0.15, -0.1) is 0 Å². The summed E-state index contributed by atoms with van der Waals surface area (Å²) < 4.78 is 1.62. The molecule has 0 aliphatic carbocycles. The molecule has 56 valence electrons. The van der Waals surface area contributed by atoms with Gasteiger partial charge < -0.3 is 10.8 Å². The van der Waals surface area contributed by atoms with E-state index in [1.54, 1.807) is 22.9 Å². The lowest BCUT2D eigenvalue weighted by molar-refractivity contribution is 0.475. The molecule has 0 aliphatic heterocycles. The Morgan fingerprint density at radius 3 is 3.09 bits per heavy atom. The number of hydrogen-bond acceptors (Lipinski definition) is 3. The summed E-state index contributed by atoms with van der Waals surface area (Å²) in [6.45, 7) is 0. The SMILES string of the molecule is Nc1c(O)ccc2nccn12. The molecule has 4 heteroatoms. The number of imidazole rings is 1. The van der Waals surface area contributed by atoms with Crippen LogP contribution >= 0.6 is 0 Å². The van der Waals surface area contributed by atoms with Crippen LogP contribution in [0.4, 0.5) is 5.82 Å². The number of anilines is 1. The van der Waals surface area contributed by atoms with Crippen LogP contribution in [0, 0.1) is 0 Å². The van der Waals surface area contributed by atoms with Gasteiger partial charge in [-0.1, -0.05) is 0 Å². The minimum Gasteiger partial charge on any atom is -0.504 e. The first-order valence-corrected chi connectivity index (χ1v) is 3.19. The van der Waals surface area contributed by atoms with Crippen LogP contribution in [0.5, 0.6) is 5.75 Å². The van der Waals surface area contributed by atoms with Crippen LogP contribution < -0.4 is 5.73 Å². The van der Waals surface area contributed by atoms with E-state index in [9.17, 15) is 0 Å². The van der Waals surface area contributed by atoms with Gasteiger partial charge in [-0.3, -0.25) is 4.40 Å². The summed E-state index contributed by atoms with van der Waals surface area (Å²) in [5, 5.41) is 9.16. The first kappa shape index (κ1) is 6.03. The third-order valence-corrected chi connectivity index (χ3v) is 1.58. The lowest BCUT2D eigenvalue weighted by Gasteiger charge is -2.00. The van der Waals surface area contributed by atoms with Gasteiger partial charge in [0, 0.05) is 12.4 Å². The van der Waals surface area contributed by atoms with Gasteiger partial charge in [0.25, 0.3) is 0 Å². The van der Waals surface area contributed by atoms with Crippen molar-refractivity contribution >= 4 is 11.5 Å². The Bertz CT molecular complexity index is 393. The molecule has 0 radical (unpaired) electrons. The number of nitrogens with zero attached hydrogens (tertiary/aromatic N) is 2. The van der Waals surface area contributed by atoms with Crippen LogP contribution in [0.25, 0.3) is 5.65 Å². The first-order chi connectivity index (χ1) is 5.29. The zero-order chi connectivity index (χ0) is 7.84. The van der Waals surface area contributed by atoms with Gasteiger partial charge in [-0.2, -0.15) is 0 Å². The maximum Gasteiger partial charge on any atom is 0.156 e. The van der Waals surface area contributed by atoms with E-state index in [1.165, 1.54) is 6.07 Å². The van der Waals surface area contributed by atoms with Crippen LogP contribution in [0.3, 0.4) is 0 Å². The lowest BCUT2D eigenvalue weighted by atomic mass is 10.4. The molecule has 0 aromatic carbocycles. The Hall–Kier alpha value is -1.71. The Morgan fingerprint density at radius 1 is 1.45 bits per heavy atom. The fraction of sp³-hybridized carbons (Fsp3) is 0. The number of pyridine rings is 1. The molecule has 3 N–H and O–H groups in total. The molecule has 2 aromatic rings. The standard InChI is InChI=1S/C7H7N3O/c8-7-5(11)1-2-6-9-3-4-10(6)7/h1-4,11H,8H2. The number of aromatic nitrogens is 2. The van der Waals surface area contributed by atoms with Gasteiger partial charge in [-0.25, -0.2) is 4.98 Å². The monoisotopic (exact) mass is 149 g/mol. The molecule has 0 atom stereocenters. The zero-order valence-electron chi connectivity index (χ0n) is 5.73. The Morgan fingerprint density at radius 2 is 2.27 bits per heavy atom. The molecule has 2 rings (SSSR count). The van der Waals surface area contributed by atoms with E-state index in [-0.39, 0.29) is 5.75 Å². The van der Waals surface area contributed by atoms with Gasteiger partial charge in [0.2, 0.25) is 0 Å². The van der Waals surface area contributed by atoms with Gasteiger partial charge in [0.05, 0.1) is 0 Å². The molecular weight excluding hydrogens is 142 g/mol. The molecule has 0 fully saturated rings. The quantitative estimate of drug-likeness (QED) is 0.577. The topological polar surface area (TPSA) is 63.5 Å². The fourth-order valence-electron chi connectivity index (χ4n) is 1.00. The van der Waals surface area contributed by atoms with Gasteiger partial charge in [0.1, 0.15) is 5.65 Å². The molecule has 4 nitrogen and oxygen atoms in total. The Balaban J connectivity index is 2.93. The molecule has 2 aromatic heterocycles. The number of nitrogen functional groups attached to an aromatic ring is 1. The summed E-state index contributed by atoms with van der Waals surface area (Å²) in [5.74, 6) is 0.399. The second-order valence-corrected chi connectivity index (χ2v) is 2.26. The second-order valence-electron chi connectivity index (χ2n) is 2.26. The predicted octanol–water partition coefficient (Wildman–Crippen LogP) is 0.622. The maximum absolute atomic E-state index is 9.16. The number of aromatic hydroxyl groups is 1. The lowest BCUT2D eigenvalue weighted by Crippen LogP contribution is -1.95. The smallest absolute Gasteiger partial charge is 0.156 e. The summed E-state index contributed by atoms with van der Waals surface area (Å²) in [6, 6.07) is 3.23. The van der Waals surface area contributed by atoms with Crippen molar-refractivity contribution in [3.8, 4) is 5.75 Å². The van der Waals surface area contributed by atoms with Gasteiger partial charge >= 0.3 is 0 Å². The second kappa shape index (κ2) is 1.88. The first-order valence-electron chi connectivity index (χ1n) is 3.19. The average molecular weight is 149 g/mol. The molecule has 2 heterocycles. The van der Waals surface area contributed by atoms with Crippen molar-refractivity contribution in [2.75, 3.05) is 5.73 Å². The highest BCUT2D eigenvalue weighted by Gasteiger charge is 2.00. The molecule has 0 unspecified atom stereocenters. The molecule has 0 saturated heterocycles. The molecule has 0 aliphatic rings. The van der Waals surface area contributed by atoms with Crippen molar-refractivity contribution in [1.82, 2.24) is 9.38 Å². The van der Waals surface area contributed by atoms with Crippen LogP contribution in [0.2, 0.25) is 0 Å². The number of fused-ring (bicyclic) bond motifs is 1. The number of rotatable bonds is 0. The van der Waals surface area contributed by atoms with E-state index < -0.39 is 0 Å². The highest BCUT2D eigenvalue weighted by atomic mass is 16.3. The third kappa shape index (κ3) is 0.724. The summed E-state index contributed by atoms with van der Waals surface area (Å²) in [6.07, 6.45) is 3.33. The van der Waals surface area contributed by atoms with Crippen LogP contribution in [0.15, 0.2) is 24.5 Å². The van der Waals surface area contributed by atoms with E-state index in [0.29, 0.717) is 5.82 Å². The van der Waals surface area contributed by atoms with Crippen molar-refractivity contribution in [2.45, 2.75) is 0 Å². The highest BCUT2D eigenvalue weighted by molar-refractivity contribution is 5.55. The Kier molecular flexibility index (Phi) is 1.03. The summed E-state index contributed by atoms with van der Waals surface area (Å²) in [5.41, 5.74) is 6.27. The molecule has 11 heavy (non-hydrogen) atoms. The van der Waals surface area contributed by atoms with Gasteiger partial charge in [0.15, 0.2) is 11.6 Å². The third-order valence-electron chi connectivity index (χ3n) is 1.58. The molecular formula is C7H7N3O. The number of hydrogen-bond donors (Lipinski definition) is 2. The molecule has 0 bridgehead atoms. The van der Waals surface area contributed by atoms with Crippen LogP contribution in [0.1, 0.15) is 0 Å². The van der Waals surface area contributed by atoms with E-state index in [4.69, 9.17) is 10.8 Å². The van der Waals surface area contributed by atoms with Crippen LogP contribution in [-0.2, 0) is 0 Å². The Labute approximate surface area is 62.9 Å². The molecule has 0 saturated carbocycles. The van der Waals surface area contributed by atoms with Crippen molar-refractivity contribution in [3.63, 3.8) is 0 Å². The molecule has 0 spiro atoms. The van der Waals surface area contributed by atoms with E-state index in [2.05, 4.69) is 4.98 Å². The van der Waals surface area contributed by atoms with Crippen molar-refractivity contribution in [1.29, 1.82) is 0 Å². The highest BCUT2D eigenvalue weighted by Crippen LogP contribution is 2.19. The number of nitrogens with two attached hydrogens (primary N) is 1. The van der Waals surface area contributed by atoms with Crippen molar-refractivity contribution in [3.05, 3.63) is 24.5 Å². The minimum atomic E-state index is 0.0792. The minimum absolute atomic E-state index is 0.0792. The fourth-order valence-corrected chi connectivity index (χ4v) is 1.00. The van der Waals surface area contributed by atoms with Crippen molar-refractivity contribution < 1.29 is 5.11 Å². The normalized spacial score (nSPS) is 10.5. The van der Waals surface area contributed by atoms with Crippen LogP contribution in [-0.4, -0.2) is 14.5 Å². The average Bonchev–Trinajstić information content (AvgIpc) is 2.45. The maximum atomic E-state index is 9.16. The largest absolute Gasteiger partial charge is 0.504 e. The summed E-state index contributed by atoms with van der Waals surface area (Å²) in [4.78, 5) is 3.99. The van der Waals surface area contributed by atoms with E-state index >= 15 is 0 Å².